The molecule has 0 unspecified atom stereocenters. The highest BCUT2D eigenvalue weighted by Gasteiger charge is 2.27. The molecule has 1 aromatic rings. The molecular formula is C18H26N2O3. The molecule has 0 bridgehead atoms. The van der Waals surface area contributed by atoms with Crippen LogP contribution in [-0.4, -0.2) is 24.5 Å². The van der Waals surface area contributed by atoms with Crippen LogP contribution in [0.15, 0.2) is 24.3 Å². The van der Waals surface area contributed by atoms with Crippen LogP contribution in [0.4, 0.5) is 5.69 Å². The molecule has 0 spiro atoms. The normalized spacial score (nSPS) is 20.7. The maximum atomic E-state index is 12.1. The molecule has 2 rings (SSSR count). The van der Waals surface area contributed by atoms with E-state index in [-0.39, 0.29) is 23.8 Å². The van der Waals surface area contributed by atoms with Gasteiger partial charge >= 0.3 is 5.97 Å². The summed E-state index contributed by atoms with van der Waals surface area (Å²) in [4.78, 5) is 23.8. The number of nitrogens with one attached hydrogen (secondary N) is 1. The summed E-state index contributed by atoms with van der Waals surface area (Å²) in [7, 11) is 0. The minimum absolute atomic E-state index is 0.00720. The van der Waals surface area contributed by atoms with Crippen molar-refractivity contribution in [3.8, 4) is 0 Å². The third kappa shape index (κ3) is 5.27. The van der Waals surface area contributed by atoms with Crippen molar-refractivity contribution in [2.24, 2.45) is 5.92 Å². The largest absolute Gasteiger partial charge is 0.466 e. The van der Waals surface area contributed by atoms with Gasteiger partial charge in [0.05, 0.1) is 12.5 Å². The van der Waals surface area contributed by atoms with Crippen LogP contribution in [0, 0.1) is 5.92 Å². The number of para-hydroxylation sites is 1. The maximum absolute atomic E-state index is 12.1. The van der Waals surface area contributed by atoms with Gasteiger partial charge in [-0.15, -0.1) is 0 Å². The SMILES string of the molecule is CCOC(=O)C1CCC(NC(=O)CCc2ccccc2N)CC1. The number of esters is 1. The number of rotatable bonds is 6. The molecule has 0 heterocycles. The van der Waals surface area contributed by atoms with Crippen LogP contribution < -0.4 is 11.1 Å². The van der Waals surface area contributed by atoms with Crippen molar-refractivity contribution in [3.05, 3.63) is 29.8 Å². The fourth-order valence-electron chi connectivity index (χ4n) is 3.04. The second-order valence-corrected chi connectivity index (χ2v) is 6.07. The van der Waals surface area contributed by atoms with Gasteiger partial charge in [0, 0.05) is 18.2 Å². The van der Waals surface area contributed by atoms with Gasteiger partial charge in [-0.05, 0) is 50.7 Å². The molecule has 0 aliphatic heterocycles. The van der Waals surface area contributed by atoms with Crippen LogP contribution in [0.25, 0.3) is 0 Å². The Labute approximate surface area is 137 Å². The first kappa shape index (κ1) is 17.3. The van der Waals surface area contributed by atoms with E-state index >= 15 is 0 Å². The Morgan fingerprint density at radius 2 is 1.91 bits per heavy atom. The van der Waals surface area contributed by atoms with E-state index < -0.39 is 0 Å². The van der Waals surface area contributed by atoms with Gasteiger partial charge in [0.1, 0.15) is 0 Å². The van der Waals surface area contributed by atoms with Crippen molar-refractivity contribution in [1.82, 2.24) is 5.32 Å². The number of benzene rings is 1. The number of nitrogens with two attached hydrogens (primary N) is 1. The maximum Gasteiger partial charge on any atom is 0.308 e. The lowest BCUT2D eigenvalue weighted by Crippen LogP contribution is -2.39. The molecule has 1 aliphatic rings. The van der Waals surface area contributed by atoms with E-state index in [0.717, 1.165) is 36.9 Å². The van der Waals surface area contributed by atoms with Gasteiger partial charge in [-0.25, -0.2) is 0 Å². The number of hydrogen-bond acceptors (Lipinski definition) is 4. The molecule has 1 aliphatic carbocycles. The Balaban J connectivity index is 1.71. The van der Waals surface area contributed by atoms with Gasteiger partial charge in [0.15, 0.2) is 0 Å². The minimum Gasteiger partial charge on any atom is -0.466 e. The first-order valence-corrected chi connectivity index (χ1v) is 8.39. The van der Waals surface area contributed by atoms with E-state index in [2.05, 4.69) is 5.32 Å². The van der Waals surface area contributed by atoms with Crippen molar-refractivity contribution < 1.29 is 14.3 Å². The number of aryl methyl sites for hydroxylation is 1. The monoisotopic (exact) mass is 318 g/mol. The highest BCUT2D eigenvalue weighted by atomic mass is 16.5. The molecule has 0 radical (unpaired) electrons. The Morgan fingerprint density at radius 3 is 2.57 bits per heavy atom. The van der Waals surface area contributed by atoms with Gasteiger partial charge < -0.3 is 15.8 Å². The lowest BCUT2D eigenvalue weighted by atomic mass is 9.86. The fourth-order valence-corrected chi connectivity index (χ4v) is 3.04. The Bertz CT molecular complexity index is 537. The van der Waals surface area contributed by atoms with Gasteiger partial charge in [0.2, 0.25) is 5.91 Å². The molecular weight excluding hydrogens is 292 g/mol. The number of carbonyl (C=O) groups is 2. The van der Waals surface area contributed by atoms with Crippen molar-refractivity contribution in [2.75, 3.05) is 12.3 Å². The summed E-state index contributed by atoms with van der Waals surface area (Å²) in [5.74, 6) is -0.0584. The summed E-state index contributed by atoms with van der Waals surface area (Å²) in [6.45, 7) is 2.25. The lowest BCUT2D eigenvalue weighted by molar-refractivity contribution is -0.149. The van der Waals surface area contributed by atoms with Crippen LogP contribution >= 0.6 is 0 Å². The van der Waals surface area contributed by atoms with Gasteiger partial charge in [0.25, 0.3) is 0 Å². The van der Waals surface area contributed by atoms with E-state index in [1.807, 2.05) is 31.2 Å². The quantitative estimate of drug-likeness (QED) is 0.623. The summed E-state index contributed by atoms with van der Waals surface area (Å²) >= 11 is 0. The lowest BCUT2D eigenvalue weighted by Gasteiger charge is -2.27. The first-order chi connectivity index (χ1) is 11.1. The van der Waals surface area contributed by atoms with Crippen molar-refractivity contribution in [3.63, 3.8) is 0 Å². The highest BCUT2D eigenvalue weighted by Crippen LogP contribution is 2.25. The van der Waals surface area contributed by atoms with Crippen LogP contribution in [0.1, 0.15) is 44.6 Å². The van der Waals surface area contributed by atoms with Crippen molar-refractivity contribution >= 4 is 17.6 Å². The van der Waals surface area contributed by atoms with Crippen LogP contribution in [0.2, 0.25) is 0 Å². The summed E-state index contributed by atoms with van der Waals surface area (Å²) in [5, 5.41) is 3.07. The summed E-state index contributed by atoms with van der Waals surface area (Å²) in [6, 6.07) is 7.79. The average molecular weight is 318 g/mol. The van der Waals surface area contributed by atoms with E-state index in [9.17, 15) is 9.59 Å². The molecule has 1 aromatic carbocycles. The average Bonchev–Trinajstić information content (AvgIpc) is 2.55. The van der Waals surface area contributed by atoms with Gasteiger partial charge in [-0.3, -0.25) is 9.59 Å². The second kappa shape index (κ2) is 8.56. The highest BCUT2D eigenvalue weighted by molar-refractivity contribution is 5.77. The summed E-state index contributed by atoms with van der Waals surface area (Å²) in [5.41, 5.74) is 7.62. The molecule has 0 atom stereocenters. The molecule has 5 nitrogen and oxygen atoms in total. The Kier molecular flexibility index (Phi) is 6.44. The van der Waals surface area contributed by atoms with Crippen LogP contribution in [-0.2, 0) is 20.7 Å². The van der Waals surface area contributed by atoms with E-state index in [0.29, 0.717) is 19.4 Å². The van der Waals surface area contributed by atoms with Crippen molar-refractivity contribution in [1.29, 1.82) is 0 Å². The van der Waals surface area contributed by atoms with Crippen LogP contribution in [0.5, 0.6) is 0 Å². The Morgan fingerprint density at radius 1 is 1.22 bits per heavy atom. The Hall–Kier alpha value is -2.04. The predicted octanol–water partition coefficient (Wildman–Crippen LogP) is 2.44. The molecule has 1 saturated carbocycles. The molecule has 23 heavy (non-hydrogen) atoms. The topological polar surface area (TPSA) is 81.4 Å². The molecule has 0 saturated heterocycles. The van der Waals surface area contributed by atoms with E-state index in [1.54, 1.807) is 0 Å². The molecule has 5 heteroatoms. The number of nitrogen functional groups attached to an aromatic ring is 1. The standard InChI is InChI=1S/C18H26N2O3/c1-2-23-18(22)14-7-10-15(11-8-14)20-17(21)12-9-13-5-3-4-6-16(13)19/h3-6,14-15H,2,7-12,19H2,1H3,(H,20,21). The van der Waals surface area contributed by atoms with E-state index in [4.69, 9.17) is 10.5 Å². The zero-order valence-corrected chi connectivity index (χ0v) is 13.7. The number of amides is 1. The summed E-state index contributed by atoms with van der Waals surface area (Å²) < 4.78 is 5.06. The number of anilines is 1. The molecule has 3 N–H and O–H groups in total. The number of hydrogen-bond donors (Lipinski definition) is 2. The zero-order valence-electron chi connectivity index (χ0n) is 13.7. The number of ether oxygens (including phenoxy) is 1. The predicted molar refractivity (Wildman–Crippen MR) is 89.7 cm³/mol. The van der Waals surface area contributed by atoms with Crippen molar-refractivity contribution in [2.45, 2.75) is 51.5 Å². The number of carbonyl (C=O) groups excluding carboxylic acids is 2. The molecule has 126 valence electrons. The molecule has 1 fully saturated rings. The molecule has 1 amide bonds. The van der Waals surface area contributed by atoms with Crippen LogP contribution in [0.3, 0.4) is 0 Å². The second-order valence-electron chi connectivity index (χ2n) is 6.07. The third-order valence-corrected chi connectivity index (χ3v) is 4.39. The smallest absolute Gasteiger partial charge is 0.308 e. The first-order valence-electron chi connectivity index (χ1n) is 8.39. The zero-order chi connectivity index (χ0) is 16.7. The molecule has 0 aromatic heterocycles. The summed E-state index contributed by atoms with van der Waals surface area (Å²) in [6.07, 6.45) is 4.33. The van der Waals surface area contributed by atoms with Gasteiger partial charge in [-0.2, -0.15) is 0 Å². The fraction of sp³-hybridized carbons (Fsp3) is 0.556. The van der Waals surface area contributed by atoms with Gasteiger partial charge in [-0.1, -0.05) is 18.2 Å². The third-order valence-electron chi connectivity index (χ3n) is 4.39. The minimum atomic E-state index is -0.100. The van der Waals surface area contributed by atoms with E-state index in [1.165, 1.54) is 0 Å².